The van der Waals surface area contributed by atoms with Crippen molar-refractivity contribution >= 4 is 5.69 Å². The van der Waals surface area contributed by atoms with Crippen LogP contribution in [0, 0.1) is 6.92 Å². The second-order valence-corrected chi connectivity index (χ2v) is 5.90. The van der Waals surface area contributed by atoms with E-state index < -0.39 is 0 Å². The van der Waals surface area contributed by atoms with E-state index >= 15 is 0 Å². The fourth-order valence-corrected chi connectivity index (χ4v) is 2.85. The zero-order valence-electron chi connectivity index (χ0n) is 12.8. The highest BCUT2D eigenvalue weighted by molar-refractivity contribution is 5.61. The summed E-state index contributed by atoms with van der Waals surface area (Å²) in [4.78, 5) is 6.77. The van der Waals surface area contributed by atoms with Crippen molar-refractivity contribution in [3.8, 4) is 11.3 Å². The quantitative estimate of drug-likeness (QED) is 0.936. The second-order valence-electron chi connectivity index (χ2n) is 5.90. The molecule has 0 amide bonds. The number of oxazole rings is 1. The van der Waals surface area contributed by atoms with E-state index in [4.69, 9.17) is 4.42 Å². The molecule has 0 spiro atoms. The molecular formula is C17H23N3O. The summed E-state index contributed by atoms with van der Waals surface area (Å²) >= 11 is 0. The van der Waals surface area contributed by atoms with Gasteiger partial charge in [0.25, 0.3) is 0 Å². The number of rotatable bonds is 3. The van der Waals surface area contributed by atoms with Crippen LogP contribution in [-0.2, 0) is 0 Å². The minimum atomic E-state index is 0.579. The maximum atomic E-state index is 5.26. The van der Waals surface area contributed by atoms with Gasteiger partial charge in [0.15, 0.2) is 5.89 Å². The Bertz CT molecular complexity index is 576. The first-order valence-corrected chi connectivity index (χ1v) is 7.68. The topological polar surface area (TPSA) is 41.3 Å². The summed E-state index contributed by atoms with van der Waals surface area (Å²) in [6.07, 6.45) is 5.43. The number of nitrogens with zero attached hydrogens (tertiary/aromatic N) is 2. The standard InChI is InChI=1S/C17H23N3O/c1-13-18-17(12-21-13)14-5-7-16(8-6-14)19-15-4-3-10-20(2)11-9-15/h5-8,12,15,19H,3-4,9-11H2,1-2H3. The zero-order valence-corrected chi connectivity index (χ0v) is 12.8. The van der Waals surface area contributed by atoms with Crippen molar-refractivity contribution in [1.29, 1.82) is 0 Å². The fourth-order valence-electron chi connectivity index (χ4n) is 2.85. The van der Waals surface area contributed by atoms with Crippen LogP contribution < -0.4 is 5.32 Å². The summed E-state index contributed by atoms with van der Waals surface area (Å²) in [5, 5.41) is 3.65. The average Bonchev–Trinajstić information content (AvgIpc) is 2.81. The lowest BCUT2D eigenvalue weighted by molar-refractivity contribution is 0.348. The third-order valence-electron chi connectivity index (χ3n) is 4.12. The van der Waals surface area contributed by atoms with Gasteiger partial charge < -0.3 is 14.6 Å². The van der Waals surface area contributed by atoms with Gasteiger partial charge in [-0.3, -0.25) is 0 Å². The first-order valence-electron chi connectivity index (χ1n) is 7.68. The molecule has 1 aromatic carbocycles. The molecule has 0 bridgehead atoms. The van der Waals surface area contributed by atoms with Gasteiger partial charge in [0, 0.05) is 24.2 Å². The van der Waals surface area contributed by atoms with Gasteiger partial charge in [0.2, 0.25) is 0 Å². The molecule has 1 unspecified atom stereocenters. The molecule has 1 aliphatic rings. The van der Waals surface area contributed by atoms with E-state index in [1.807, 2.05) is 6.92 Å². The van der Waals surface area contributed by atoms with Gasteiger partial charge in [0.05, 0.1) is 0 Å². The number of anilines is 1. The molecule has 0 aliphatic carbocycles. The summed E-state index contributed by atoms with van der Waals surface area (Å²) in [5.74, 6) is 0.703. The van der Waals surface area contributed by atoms with Gasteiger partial charge in [-0.25, -0.2) is 4.98 Å². The largest absolute Gasteiger partial charge is 0.449 e. The normalized spacial score (nSPS) is 20.2. The molecule has 1 aliphatic heterocycles. The zero-order chi connectivity index (χ0) is 14.7. The van der Waals surface area contributed by atoms with Gasteiger partial charge in [0.1, 0.15) is 12.0 Å². The third kappa shape index (κ3) is 3.64. The van der Waals surface area contributed by atoms with Crippen molar-refractivity contribution in [2.45, 2.75) is 32.2 Å². The van der Waals surface area contributed by atoms with E-state index in [9.17, 15) is 0 Å². The molecule has 2 heterocycles. The van der Waals surface area contributed by atoms with E-state index in [1.165, 1.54) is 38.0 Å². The fraction of sp³-hybridized carbons (Fsp3) is 0.471. The molecule has 1 saturated heterocycles. The molecule has 112 valence electrons. The van der Waals surface area contributed by atoms with Crippen LogP contribution in [0.5, 0.6) is 0 Å². The van der Waals surface area contributed by atoms with Gasteiger partial charge in [-0.1, -0.05) is 12.1 Å². The van der Waals surface area contributed by atoms with E-state index in [-0.39, 0.29) is 0 Å². The summed E-state index contributed by atoms with van der Waals surface area (Å²) in [6.45, 7) is 4.25. The molecule has 3 rings (SSSR count). The van der Waals surface area contributed by atoms with E-state index in [1.54, 1.807) is 6.26 Å². The minimum absolute atomic E-state index is 0.579. The van der Waals surface area contributed by atoms with Crippen LogP contribution in [0.15, 0.2) is 34.9 Å². The van der Waals surface area contributed by atoms with Crippen LogP contribution in [0.25, 0.3) is 11.3 Å². The van der Waals surface area contributed by atoms with E-state index in [2.05, 4.69) is 46.5 Å². The van der Waals surface area contributed by atoms with Gasteiger partial charge in [-0.15, -0.1) is 0 Å². The van der Waals surface area contributed by atoms with Crippen molar-refractivity contribution in [1.82, 2.24) is 9.88 Å². The maximum Gasteiger partial charge on any atom is 0.191 e. The Balaban J connectivity index is 1.64. The average molecular weight is 285 g/mol. The third-order valence-corrected chi connectivity index (χ3v) is 4.12. The number of hydrogen-bond acceptors (Lipinski definition) is 4. The molecule has 1 atom stereocenters. The summed E-state index contributed by atoms with van der Waals surface area (Å²) in [5.41, 5.74) is 3.18. The van der Waals surface area contributed by atoms with Crippen LogP contribution in [0.2, 0.25) is 0 Å². The molecule has 21 heavy (non-hydrogen) atoms. The molecule has 1 fully saturated rings. The molecule has 0 saturated carbocycles. The van der Waals surface area contributed by atoms with E-state index in [0.717, 1.165) is 11.3 Å². The van der Waals surface area contributed by atoms with Crippen molar-refractivity contribution < 1.29 is 4.42 Å². The number of aromatic nitrogens is 1. The highest BCUT2D eigenvalue weighted by Gasteiger charge is 2.14. The maximum absolute atomic E-state index is 5.26. The molecule has 2 aromatic rings. The minimum Gasteiger partial charge on any atom is -0.449 e. The number of hydrogen-bond donors (Lipinski definition) is 1. The molecule has 4 nitrogen and oxygen atoms in total. The van der Waals surface area contributed by atoms with Crippen LogP contribution >= 0.6 is 0 Å². The lowest BCUT2D eigenvalue weighted by Crippen LogP contribution is -2.22. The summed E-state index contributed by atoms with van der Waals surface area (Å²) < 4.78 is 5.26. The summed E-state index contributed by atoms with van der Waals surface area (Å²) in [7, 11) is 2.21. The monoisotopic (exact) mass is 285 g/mol. The first kappa shape index (κ1) is 14.1. The lowest BCUT2D eigenvalue weighted by atomic mass is 10.1. The van der Waals surface area contributed by atoms with Gasteiger partial charge in [-0.2, -0.15) is 0 Å². The second kappa shape index (κ2) is 6.31. The van der Waals surface area contributed by atoms with Crippen molar-refractivity contribution in [3.63, 3.8) is 0 Å². The molecule has 1 aromatic heterocycles. The van der Waals surface area contributed by atoms with Crippen LogP contribution in [0.4, 0.5) is 5.69 Å². The Morgan fingerprint density at radius 2 is 2.00 bits per heavy atom. The Morgan fingerprint density at radius 3 is 2.71 bits per heavy atom. The Kier molecular flexibility index (Phi) is 4.25. The SMILES string of the molecule is Cc1nc(-c2ccc(NC3CCCN(C)CC3)cc2)co1. The number of aryl methyl sites for hydroxylation is 1. The Labute approximate surface area is 126 Å². The predicted octanol–water partition coefficient (Wildman–Crippen LogP) is 3.55. The van der Waals surface area contributed by atoms with Crippen LogP contribution in [-0.4, -0.2) is 36.1 Å². The van der Waals surface area contributed by atoms with Crippen molar-refractivity contribution in [2.24, 2.45) is 0 Å². The first-order chi connectivity index (χ1) is 10.2. The molecule has 1 N–H and O–H groups in total. The molecule has 0 radical (unpaired) electrons. The Morgan fingerprint density at radius 1 is 1.19 bits per heavy atom. The van der Waals surface area contributed by atoms with Crippen LogP contribution in [0.1, 0.15) is 25.2 Å². The number of benzene rings is 1. The smallest absolute Gasteiger partial charge is 0.191 e. The van der Waals surface area contributed by atoms with Crippen LogP contribution in [0.3, 0.4) is 0 Å². The highest BCUT2D eigenvalue weighted by atomic mass is 16.3. The van der Waals surface area contributed by atoms with Crippen molar-refractivity contribution in [3.05, 3.63) is 36.4 Å². The highest BCUT2D eigenvalue weighted by Crippen LogP contribution is 2.22. The predicted molar refractivity (Wildman–Crippen MR) is 85.4 cm³/mol. The number of nitrogens with one attached hydrogen (secondary N) is 1. The van der Waals surface area contributed by atoms with E-state index in [0.29, 0.717) is 11.9 Å². The van der Waals surface area contributed by atoms with Crippen molar-refractivity contribution in [2.75, 3.05) is 25.5 Å². The van der Waals surface area contributed by atoms with Gasteiger partial charge >= 0.3 is 0 Å². The lowest BCUT2D eigenvalue weighted by Gasteiger charge is -2.18. The van der Waals surface area contributed by atoms with Gasteiger partial charge in [-0.05, 0) is 51.5 Å². The number of likely N-dealkylation sites (tertiary alicyclic amines) is 1. The molecule has 4 heteroatoms. The molecular weight excluding hydrogens is 262 g/mol. The summed E-state index contributed by atoms with van der Waals surface area (Å²) in [6, 6.07) is 9.04. The Hall–Kier alpha value is -1.81.